The van der Waals surface area contributed by atoms with Gasteiger partial charge >= 0.3 is 0 Å². The van der Waals surface area contributed by atoms with Crippen molar-refractivity contribution in [1.29, 1.82) is 0 Å². The fourth-order valence-corrected chi connectivity index (χ4v) is 3.91. The first-order chi connectivity index (χ1) is 8.72. The molecule has 3 aliphatic rings. The third-order valence-electron chi connectivity index (χ3n) is 5.10. The van der Waals surface area contributed by atoms with Gasteiger partial charge in [-0.15, -0.1) is 0 Å². The van der Waals surface area contributed by atoms with E-state index in [9.17, 15) is 0 Å². The standard InChI is InChI=1S/C15H28N2O/c1-11(2)15-9-14(6-8-18-15)17-7-5-12-3-4-13(10-17)16-12/h11-16H,3-10H2,1-2H3. The zero-order valence-corrected chi connectivity index (χ0v) is 11.9. The van der Waals surface area contributed by atoms with E-state index in [1.54, 1.807) is 0 Å². The third kappa shape index (κ3) is 2.73. The van der Waals surface area contributed by atoms with Crippen molar-refractivity contribution in [2.24, 2.45) is 5.92 Å². The zero-order valence-electron chi connectivity index (χ0n) is 11.9. The van der Waals surface area contributed by atoms with Crippen molar-refractivity contribution >= 4 is 0 Å². The van der Waals surface area contributed by atoms with Crippen LogP contribution in [0.2, 0.25) is 0 Å². The Hall–Kier alpha value is -0.120. The maximum absolute atomic E-state index is 5.91. The Bertz CT molecular complexity index is 282. The lowest BCUT2D eigenvalue weighted by atomic mass is 9.93. The minimum atomic E-state index is 0.483. The molecule has 3 rings (SSSR count). The van der Waals surface area contributed by atoms with Gasteiger partial charge in [0.25, 0.3) is 0 Å². The van der Waals surface area contributed by atoms with Crippen LogP contribution in [0, 0.1) is 5.92 Å². The summed E-state index contributed by atoms with van der Waals surface area (Å²) in [5.74, 6) is 0.661. The number of rotatable bonds is 2. The summed E-state index contributed by atoms with van der Waals surface area (Å²) in [6.45, 7) is 8.11. The summed E-state index contributed by atoms with van der Waals surface area (Å²) in [5, 5.41) is 3.78. The molecule has 0 amide bonds. The second kappa shape index (κ2) is 5.48. The van der Waals surface area contributed by atoms with E-state index in [1.165, 1.54) is 45.2 Å². The van der Waals surface area contributed by atoms with Crippen LogP contribution < -0.4 is 5.32 Å². The maximum atomic E-state index is 5.91. The fourth-order valence-electron chi connectivity index (χ4n) is 3.91. The van der Waals surface area contributed by atoms with Crippen LogP contribution in [-0.4, -0.2) is 48.8 Å². The Morgan fingerprint density at radius 2 is 1.94 bits per heavy atom. The molecule has 0 aromatic rings. The van der Waals surface area contributed by atoms with Crippen molar-refractivity contribution in [2.45, 2.75) is 70.2 Å². The van der Waals surface area contributed by atoms with Gasteiger partial charge in [-0.1, -0.05) is 13.8 Å². The van der Waals surface area contributed by atoms with Crippen LogP contribution in [0.4, 0.5) is 0 Å². The third-order valence-corrected chi connectivity index (χ3v) is 5.10. The van der Waals surface area contributed by atoms with Crippen molar-refractivity contribution in [2.75, 3.05) is 19.7 Å². The average molecular weight is 252 g/mol. The van der Waals surface area contributed by atoms with Gasteiger partial charge in [0.1, 0.15) is 0 Å². The summed E-state index contributed by atoms with van der Waals surface area (Å²) in [7, 11) is 0. The number of hydrogen-bond acceptors (Lipinski definition) is 3. The van der Waals surface area contributed by atoms with Gasteiger partial charge in [0, 0.05) is 31.3 Å². The summed E-state index contributed by atoms with van der Waals surface area (Å²) in [5.41, 5.74) is 0. The van der Waals surface area contributed by atoms with Gasteiger partial charge in [-0.25, -0.2) is 0 Å². The Morgan fingerprint density at radius 3 is 2.78 bits per heavy atom. The summed E-state index contributed by atoms with van der Waals surface area (Å²) in [6, 6.07) is 2.34. The Morgan fingerprint density at radius 1 is 1.11 bits per heavy atom. The molecule has 4 atom stereocenters. The van der Waals surface area contributed by atoms with Crippen molar-refractivity contribution < 1.29 is 4.74 Å². The molecular formula is C15H28N2O. The van der Waals surface area contributed by atoms with E-state index in [0.717, 1.165) is 24.7 Å². The summed E-state index contributed by atoms with van der Waals surface area (Å²) < 4.78 is 5.91. The molecule has 1 N–H and O–H groups in total. The fraction of sp³-hybridized carbons (Fsp3) is 1.00. The van der Waals surface area contributed by atoms with Gasteiger partial charge in [-0.05, 0) is 44.6 Å². The van der Waals surface area contributed by atoms with Crippen LogP contribution in [0.15, 0.2) is 0 Å². The van der Waals surface area contributed by atoms with E-state index in [2.05, 4.69) is 24.1 Å². The average Bonchev–Trinajstić information content (AvgIpc) is 2.69. The summed E-state index contributed by atoms with van der Waals surface area (Å²) in [4.78, 5) is 2.76. The number of nitrogens with zero attached hydrogens (tertiary/aromatic N) is 1. The van der Waals surface area contributed by atoms with E-state index in [0.29, 0.717) is 12.0 Å². The first kappa shape index (κ1) is 12.9. The van der Waals surface area contributed by atoms with Crippen molar-refractivity contribution in [1.82, 2.24) is 10.2 Å². The van der Waals surface area contributed by atoms with Gasteiger partial charge in [-0.3, -0.25) is 4.90 Å². The van der Waals surface area contributed by atoms with Crippen LogP contribution in [0.3, 0.4) is 0 Å². The summed E-state index contributed by atoms with van der Waals surface area (Å²) in [6.07, 6.45) is 7.10. The number of ether oxygens (including phenoxy) is 1. The van der Waals surface area contributed by atoms with Crippen LogP contribution in [0.25, 0.3) is 0 Å². The normalized spacial score (nSPS) is 42.2. The number of nitrogens with one attached hydrogen (secondary N) is 1. The first-order valence-electron chi connectivity index (χ1n) is 7.84. The second-order valence-corrected chi connectivity index (χ2v) is 6.75. The Labute approximate surface area is 111 Å². The largest absolute Gasteiger partial charge is 0.378 e. The highest BCUT2D eigenvalue weighted by Crippen LogP contribution is 2.28. The molecule has 3 fully saturated rings. The molecule has 3 nitrogen and oxygen atoms in total. The van der Waals surface area contributed by atoms with Crippen molar-refractivity contribution in [3.05, 3.63) is 0 Å². The molecule has 3 saturated heterocycles. The highest BCUT2D eigenvalue weighted by atomic mass is 16.5. The topological polar surface area (TPSA) is 24.5 Å². The molecular weight excluding hydrogens is 224 g/mol. The number of hydrogen-bond donors (Lipinski definition) is 1. The lowest BCUT2D eigenvalue weighted by molar-refractivity contribution is -0.0489. The molecule has 0 aliphatic carbocycles. The van der Waals surface area contributed by atoms with Crippen LogP contribution in [0.1, 0.15) is 46.0 Å². The highest BCUT2D eigenvalue weighted by Gasteiger charge is 2.34. The molecule has 4 unspecified atom stereocenters. The van der Waals surface area contributed by atoms with E-state index in [4.69, 9.17) is 4.74 Å². The van der Waals surface area contributed by atoms with E-state index < -0.39 is 0 Å². The van der Waals surface area contributed by atoms with Gasteiger partial charge in [0.2, 0.25) is 0 Å². The van der Waals surface area contributed by atoms with Crippen molar-refractivity contribution in [3.63, 3.8) is 0 Å². The molecule has 0 aromatic carbocycles. The molecule has 0 aromatic heterocycles. The van der Waals surface area contributed by atoms with E-state index >= 15 is 0 Å². The van der Waals surface area contributed by atoms with E-state index in [1.807, 2.05) is 0 Å². The first-order valence-corrected chi connectivity index (χ1v) is 7.84. The van der Waals surface area contributed by atoms with Gasteiger partial charge < -0.3 is 10.1 Å². The minimum absolute atomic E-state index is 0.483. The Kier molecular flexibility index (Phi) is 3.92. The molecule has 2 bridgehead atoms. The molecule has 3 aliphatic heterocycles. The van der Waals surface area contributed by atoms with Gasteiger partial charge in [-0.2, -0.15) is 0 Å². The molecule has 0 radical (unpaired) electrons. The lowest BCUT2D eigenvalue weighted by Crippen LogP contribution is -2.47. The summed E-state index contributed by atoms with van der Waals surface area (Å²) >= 11 is 0. The SMILES string of the molecule is CC(C)C1CC(N2CCC3CCC(C2)N3)CCO1. The number of fused-ring (bicyclic) bond motifs is 2. The van der Waals surface area contributed by atoms with Crippen LogP contribution in [-0.2, 0) is 4.74 Å². The molecule has 3 heteroatoms. The Balaban J connectivity index is 1.60. The molecule has 0 saturated carbocycles. The van der Waals surface area contributed by atoms with Crippen LogP contribution >= 0.6 is 0 Å². The van der Waals surface area contributed by atoms with E-state index in [-0.39, 0.29) is 0 Å². The van der Waals surface area contributed by atoms with Crippen LogP contribution in [0.5, 0.6) is 0 Å². The number of likely N-dealkylation sites (tertiary alicyclic amines) is 1. The smallest absolute Gasteiger partial charge is 0.0612 e. The van der Waals surface area contributed by atoms with Crippen molar-refractivity contribution in [3.8, 4) is 0 Å². The van der Waals surface area contributed by atoms with Gasteiger partial charge in [0.15, 0.2) is 0 Å². The lowest BCUT2D eigenvalue weighted by Gasteiger charge is -2.39. The second-order valence-electron chi connectivity index (χ2n) is 6.75. The minimum Gasteiger partial charge on any atom is -0.378 e. The predicted octanol–water partition coefficient (Wildman–Crippen LogP) is 2.02. The van der Waals surface area contributed by atoms with Gasteiger partial charge in [0.05, 0.1) is 6.10 Å². The molecule has 3 heterocycles. The zero-order chi connectivity index (χ0) is 12.5. The predicted molar refractivity (Wildman–Crippen MR) is 73.7 cm³/mol. The molecule has 0 spiro atoms. The molecule has 104 valence electrons. The molecule has 18 heavy (non-hydrogen) atoms. The quantitative estimate of drug-likeness (QED) is 0.814. The monoisotopic (exact) mass is 252 g/mol. The highest BCUT2D eigenvalue weighted by molar-refractivity contribution is 4.92. The maximum Gasteiger partial charge on any atom is 0.0612 e.